The second-order valence-corrected chi connectivity index (χ2v) is 7.55. The van der Waals surface area contributed by atoms with Crippen molar-refractivity contribution in [2.75, 3.05) is 19.3 Å². The zero-order valence-electron chi connectivity index (χ0n) is 13.0. The number of amides is 2. The van der Waals surface area contributed by atoms with Crippen molar-refractivity contribution >= 4 is 23.6 Å². The van der Waals surface area contributed by atoms with Gasteiger partial charge in [0, 0.05) is 11.3 Å². The Morgan fingerprint density at radius 3 is 2.40 bits per heavy atom. The van der Waals surface area contributed by atoms with Crippen LogP contribution in [0, 0.1) is 5.92 Å². The lowest BCUT2D eigenvalue weighted by atomic mass is 9.90. The van der Waals surface area contributed by atoms with Gasteiger partial charge in [-0.25, -0.2) is 0 Å². The lowest BCUT2D eigenvalue weighted by Crippen LogP contribution is -2.67. The van der Waals surface area contributed by atoms with Crippen LogP contribution in [0.25, 0.3) is 0 Å². The van der Waals surface area contributed by atoms with Gasteiger partial charge in [-0.05, 0) is 44.8 Å². The number of carbonyl (C=O) groups is 2. The summed E-state index contributed by atoms with van der Waals surface area (Å²) >= 11 is 1.81. The van der Waals surface area contributed by atoms with Crippen LogP contribution in [0.1, 0.15) is 46.5 Å². The van der Waals surface area contributed by atoms with E-state index in [1.165, 1.54) is 0 Å². The summed E-state index contributed by atoms with van der Waals surface area (Å²) in [6.07, 6.45) is 6.21. The number of nitrogens with zero attached hydrogens (tertiary/aromatic N) is 1. The Bertz CT molecular complexity index is 396. The van der Waals surface area contributed by atoms with Gasteiger partial charge in [0.25, 0.3) is 0 Å². The minimum Gasteiger partial charge on any atom is -0.340 e. The molecule has 1 aliphatic heterocycles. The molecule has 2 aliphatic rings. The molecule has 1 aliphatic carbocycles. The summed E-state index contributed by atoms with van der Waals surface area (Å²) in [7, 11) is 0. The predicted molar refractivity (Wildman–Crippen MR) is 82.7 cm³/mol. The van der Waals surface area contributed by atoms with Gasteiger partial charge in [0.05, 0.1) is 6.54 Å². The number of piperazine rings is 1. The van der Waals surface area contributed by atoms with Crippen molar-refractivity contribution in [1.29, 1.82) is 0 Å². The Labute approximate surface area is 126 Å². The highest BCUT2D eigenvalue weighted by molar-refractivity contribution is 8.00. The Morgan fingerprint density at radius 1 is 1.35 bits per heavy atom. The van der Waals surface area contributed by atoms with E-state index in [-0.39, 0.29) is 23.1 Å². The minimum absolute atomic E-state index is 0.0128. The molecule has 1 unspecified atom stereocenters. The summed E-state index contributed by atoms with van der Waals surface area (Å²) < 4.78 is 0.0672. The molecular weight excluding hydrogens is 272 g/mol. The normalized spacial score (nSPS) is 27.7. The number of hydrogen-bond acceptors (Lipinski definition) is 3. The van der Waals surface area contributed by atoms with Crippen LogP contribution in [0.2, 0.25) is 0 Å². The molecule has 1 saturated heterocycles. The molecule has 5 heteroatoms. The molecule has 1 N–H and O–H groups in total. The fourth-order valence-corrected chi connectivity index (χ4v) is 4.06. The summed E-state index contributed by atoms with van der Waals surface area (Å²) in [5, 5.41) is 2.94. The summed E-state index contributed by atoms with van der Waals surface area (Å²) in [6.45, 7) is 7.11. The molecule has 0 aromatic heterocycles. The van der Waals surface area contributed by atoms with E-state index in [9.17, 15) is 9.59 Å². The fraction of sp³-hybridized carbons (Fsp3) is 0.867. The Morgan fingerprint density at radius 2 is 1.95 bits per heavy atom. The van der Waals surface area contributed by atoms with Crippen molar-refractivity contribution in [3.8, 4) is 0 Å². The summed E-state index contributed by atoms with van der Waals surface area (Å²) in [5.41, 5.74) is -0.666. The number of nitrogens with one attached hydrogen (secondary N) is 1. The Hall–Kier alpha value is -0.710. The first kappa shape index (κ1) is 15.7. The lowest BCUT2D eigenvalue weighted by molar-refractivity contribution is -0.150. The molecule has 2 amide bonds. The highest BCUT2D eigenvalue weighted by Gasteiger charge is 2.53. The third kappa shape index (κ3) is 2.69. The molecule has 0 aromatic rings. The summed E-state index contributed by atoms with van der Waals surface area (Å²) in [4.78, 5) is 26.6. The maximum atomic E-state index is 12.8. The van der Waals surface area contributed by atoms with Crippen LogP contribution in [-0.2, 0) is 9.59 Å². The minimum atomic E-state index is -0.666. The Balaban J connectivity index is 2.18. The van der Waals surface area contributed by atoms with Crippen molar-refractivity contribution in [2.45, 2.75) is 56.7 Å². The van der Waals surface area contributed by atoms with Crippen LogP contribution in [0.3, 0.4) is 0 Å². The van der Waals surface area contributed by atoms with E-state index in [4.69, 9.17) is 0 Å². The number of hydrogen-bond donors (Lipinski definition) is 1. The molecule has 1 heterocycles. The summed E-state index contributed by atoms with van der Waals surface area (Å²) in [5.74, 6) is 0.426. The first-order chi connectivity index (χ1) is 9.40. The largest absolute Gasteiger partial charge is 0.340 e. The van der Waals surface area contributed by atoms with Crippen LogP contribution in [0.5, 0.6) is 0 Å². The van der Waals surface area contributed by atoms with Gasteiger partial charge in [0.15, 0.2) is 0 Å². The first-order valence-electron chi connectivity index (χ1n) is 7.56. The van der Waals surface area contributed by atoms with Gasteiger partial charge in [-0.1, -0.05) is 13.8 Å². The standard InChI is InChI=1S/C15H26N2O2S/c1-5-15(6-2,20-4)10-17-9-12(18)16-14(3,13(17)19)11-7-8-11/h11H,5-10H2,1-4H3,(H,16,18). The highest BCUT2D eigenvalue weighted by Crippen LogP contribution is 2.42. The molecular formula is C15H26N2O2S. The third-order valence-electron chi connectivity index (χ3n) is 5.06. The maximum absolute atomic E-state index is 12.8. The van der Waals surface area contributed by atoms with Crippen molar-refractivity contribution in [3.63, 3.8) is 0 Å². The van der Waals surface area contributed by atoms with E-state index in [0.717, 1.165) is 25.7 Å². The smallest absolute Gasteiger partial charge is 0.248 e. The van der Waals surface area contributed by atoms with Gasteiger partial charge in [-0.15, -0.1) is 0 Å². The number of carbonyl (C=O) groups excluding carboxylic acids is 2. The van der Waals surface area contributed by atoms with Crippen molar-refractivity contribution in [2.24, 2.45) is 5.92 Å². The Kier molecular flexibility index (Phi) is 4.38. The highest BCUT2D eigenvalue weighted by atomic mass is 32.2. The van der Waals surface area contributed by atoms with Crippen LogP contribution in [0.4, 0.5) is 0 Å². The average molecular weight is 298 g/mol. The number of thioether (sulfide) groups is 1. The maximum Gasteiger partial charge on any atom is 0.248 e. The van der Waals surface area contributed by atoms with Crippen LogP contribution in [-0.4, -0.2) is 46.3 Å². The van der Waals surface area contributed by atoms with E-state index in [1.807, 2.05) is 18.7 Å². The molecule has 0 radical (unpaired) electrons. The van der Waals surface area contributed by atoms with E-state index in [2.05, 4.69) is 25.4 Å². The van der Waals surface area contributed by atoms with Gasteiger partial charge < -0.3 is 10.2 Å². The summed E-state index contributed by atoms with van der Waals surface area (Å²) in [6, 6.07) is 0. The average Bonchev–Trinajstić information content (AvgIpc) is 3.26. The quantitative estimate of drug-likeness (QED) is 0.816. The lowest BCUT2D eigenvalue weighted by Gasteiger charge is -2.44. The topological polar surface area (TPSA) is 49.4 Å². The third-order valence-corrected chi connectivity index (χ3v) is 6.63. The molecule has 1 atom stereocenters. The molecule has 0 spiro atoms. The van der Waals surface area contributed by atoms with Gasteiger partial charge in [0.1, 0.15) is 5.54 Å². The van der Waals surface area contributed by atoms with Crippen molar-refractivity contribution in [3.05, 3.63) is 0 Å². The predicted octanol–water partition coefficient (Wildman–Crippen LogP) is 2.04. The molecule has 0 bridgehead atoms. The molecule has 0 aromatic carbocycles. The van der Waals surface area contributed by atoms with Crippen molar-refractivity contribution < 1.29 is 9.59 Å². The SMILES string of the molecule is CCC(CC)(CN1CC(=O)NC(C)(C2CC2)C1=O)SC. The zero-order valence-corrected chi connectivity index (χ0v) is 13.8. The van der Waals surface area contributed by atoms with E-state index >= 15 is 0 Å². The number of rotatable bonds is 6. The first-order valence-corrected chi connectivity index (χ1v) is 8.79. The molecule has 2 fully saturated rings. The van der Waals surface area contributed by atoms with Crippen LogP contribution < -0.4 is 5.32 Å². The van der Waals surface area contributed by atoms with Gasteiger partial charge in [-0.3, -0.25) is 9.59 Å². The molecule has 20 heavy (non-hydrogen) atoms. The fourth-order valence-electron chi connectivity index (χ4n) is 3.20. The van der Waals surface area contributed by atoms with Gasteiger partial charge in [-0.2, -0.15) is 11.8 Å². The molecule has 114 valence electrons. The van der Waals surface area contributed by atoms with Gasteiger partial charge in [0.2, 0.25) is 11.8 Å². The van der Waals surface area contributed by atoms with Gasteiger partial charge >= 0.3 is 0 Å². The molecule has 4 nitrogen and oxygen atoms in total. The second-order valence-electron chi connectivity index (χ2n) is 6.28. The van der Waals surface area contributed by atoms with Crippen LogP contribution >= 0.6 is 11.8 Å². The van der Waals surface area contributed by atoms with E-state index in [0.29, 0.717) is 12.5 Å². The molecule has 1 saturated carbocycles. The van der Waals surface area contributed by atoms with Crippen LogP contribution in [0.15, 0.2) is 0 Å². The monoisotopic (exact) mass is 298 g/mol. The van der Waals surface area contributed by atoms with E-state index in [1.54, 1.807) is 4.90 Å². The van der Waals surface area contributed by atoms with Crippen molar-refractivity contribution in [1.82, 2.24) is 10.2 Å². The zero-order chi connectivity index (χ0) is 15.0. The van der Waals surface area contributed by atoms with E-state index < -0.39 is 5.54 Å². The second kappa shape index (κ2) is 5.58. The molecule has 2 rings (SSSR count).